The van der Waals surface area contributed by atoms with Gasteiger partial charge in [-0.1, -0.05) is 66.2 Å². The second kappa shape index (κ2) is 8.49. The third-order valence-electron chi connectivity index (χ3n) is 5.10. The maximum Gasteiger partial charge on any atom is 0.255 e. The molecule has 142 valence electrons. The van der Waals surface area contributed by atoms with E-state index in [0.717, 1.165) is 24.8 Å². The molecule has 3 aromatic rings. The summed E-state index contributed by atoms with van der Waals surface area (Å²) >= 11 is 6.17. The van der Waals surface area contributed by atoms with E-state index in [1.807, 2.05) is 36.4 Å². The first-order valence-electron chi connectivity index (χ1n) is 9.55. The molecule has 1 amide bonds. The van der Waals surface area contributed by atoms with Crippen molar-refractivity contribution >= 4 is 17.5 Å². The summed E-state index contributed by atoms with van der Waals surface area (Å²) in [6.07, 6.45) is 3.06. The Balaban J connectivity index is 1.53. The van der Waals surface area contributed by atoms with Crippen LogP contribution in [-0.4, -0.2) is 5.91 Å². The van der Waals surface area contributed by atoms with Gasteiger partial charge in [0.05, 0.1) is 11.6 Å². The average molecular weight is 392 g/mol. The number of amides is 1. The normalized spacial score (nSPS) is 15.5. The molecule has 4 rings (SSSR count). The first kappa shape index (κ1) is 18.6. The number of carbonyl (C=O) groups excluding carboxylic acids is 1. The SMILES string of the molecule is O=C(N[C@@H]1CCCc2ccccc21)c1cc(Cl)ccc1OCc1ccccc1. The summed E-state index contributed by atoms with van der Waals surface area (Å²) < 4.78 is 5.94. The van der Waals surface area contributed by atoms with E-state index in [0.29, 0.717) is 22.9 Å². The van der Waals surface area contributed by atoms with Gasteiger partial charge in [0.15, 0.2) is 0 Å². The first-order chi connectivity index (χ1) is 13.7. The van der Waals surface area contributed by atoms with Crippen molar-refractivity contribution in [2.24, 2.45) is 0 Å². The molecule has 0 fully saturated rings. The van der Waals surface area contributed by atoms with E-state index in [-0.39, 0.29) is 11.9 Å². The maximum absolute atomic E-state index is 13.1. The van der Waals surface area contributed by atoms with Crippen LogP contribution in [0.1, 0.15) is 45.9 Å². The van der Waals surface area contributed by atoms with Crippen LogP contribution in [0.25, 0.3) is 0 Å². The van der Waals surface area contributed by atoms with Gasteiger partial charge in [-0.2, -0.15) is 0 Å². The van der Waals surface area contributed by atoms with E-state index < -0.39 is 0 Å². The van der Waals surface area contributed by atoms with Gasteiger partial charge in [0.25, 0.3) is 5.91 Å². The molecule has 0 aliphatic heterocycles. The molecule has 0 bridgehead atoms. The lowest BCUT2D eigenvalue weighted by atomic mass is 9.87. The Labute approximate surface area is 170 Å². The summed E-state index contributed by atoms with van der Waals surface area (Å²) in [4.78, 5) is 13.1. The Morgan fingerprint density at radius 3 is 2.68 bits per heavy atom. The van der Waals surface area contributed by atoms with Gasteiger partial charge in [-0.3, -0.25) is 4.79 Å². The summed E-state index contributed by atoms with van der Waals surface area (Å²) in [5, 5.41) is 3.69. The minimum atomic E-state index is -0.160. The number of ether oxygens (including phenoxy) is 1. The fourth-order valence-electron chi connectivity index (χ4n) is 3.68. The van der Waals surface area contributed by atoms with E-state index in [1.54, 1.807) is 18.2 Å². The minimum absolute atomic E-state index is 0.0124. The van der Waals surface area contributed by atoms with E-state index in [2.05, 4.69) is 23.5 Å². The molecule has 3 nitrogen and oxygen atoms in total. The van der Waals surface area contributed by atoms with E-state index in [9.17, 15) is 4.79 Å². The zero-order valence-electron chi connectivity index (χ0n) is 15.5. The van der Waals surface area contributed by atoms with E-state index in [1.165, 1.54) is 11.1 Å². The molecule has 0 aromatic heterocycles. The lowest BCUT2D eigenvalue weighted by Crippen LogP contribution is -2.31. The van der Waals surface area contributed by atoms with Gasteiger partial charge in [0.2, 0.25) is 0 Å². The molecule has 0 saturated heterocycles. The number of fused-ring (bicyclic) bond motifs is 1. The highest BCUT2D eigenvalue weighted by Crippen LogP contribution is 2.31. The zero-order chi connectivity index (χ0) is 19.3. The van der Waals surface area contributed by atoms with Crippen LogP contribution in [0.4, 0.5) is 0 Å². The Morgan fingerprint density at radius 1 is 1.04 bits per heavy atom. The van der Waals surface area contributed by atoms with Crippen LogP contribution in [0.15, 0.2) is 72.8 Å². The second-order valence-electron chi connectivity index (χ2n) is 7.03. The summed E-state index contributed by atoms with van der Waals surface area (Å²) in [6.45, 7) is 0.398. The number of rotatable bonds is 5. The molecule has 1 aliphatic rings. The predicted octanol–water partition coefficient (Wildman–Crippen LogP) is 5.73. The summed E-state index contributed by atoms with van der Waals surface area (Å²) in [5.74, 6) is 0.377. The third-order valence-corrected chi connectivity index (χ3v) is 5.33. The molecular weight excluding hydrogens is 370 g/mol. The van der Waals surface area contributed by atoms with Crippen molar-refractivity contribution in [1.82, 2.24) is 5.32 Å². The number of hydrogen-bond acceptors (Lipinski definition) is 2. The highest BCUT2D eigenvalue weighted by molar-refractivity contribution is 6.31. The summed E-state index contributed by atoms with van der Waals surface area (Å²) in [5.41, 5.74) is 4.03. The zero-order valence-corrected chi connectivity index (χ0v) is 16.3. The van der Waals surface area contributed by atoms with Crippen molar-refractivity contribution in [2.75, 3.05) is 0 Å². The first-order valence-corrected chi connectivity index (χ1v) is 9.93. The topological polar surface area (TPSA) is 38.3 Å². The van der Waals surface area contributed by atoms with E-state index >= 15 is 0 Å². The number of carbonyl (C=O) groups is 1. The Morgan fingerprint density at radius 2 is 1.82 bits per heavy atom. The molecule has 0 spiro atoms. The standard InChI is InChI=1S/C24H22ClNO2/c25-19-13-14-23(28-16-17-7-2-1-3-8-17)21(15-19)24(27)26-22-12-6-10-18-9-4-5-11-20(18)22/h1-5,7-9,11,13-15,22H,6,10,12,16H2,(H,26,27)/t22-/m1/s1. The van der Waals surface area contributed by atoms with Crippen LogP contribution in [-0.2, 0) is 13.0 Å². The van der Waals surface area contributed by atoms with Gasteiger partial charge in [-0.25, -0.2) is 0 Å². The molecule has 0 saturated carbocycles. The lowest BCUT2D eigenvalue weighted by Gasteiger charge is -2.26. The number of benzene rings is 3. The van der Waals surface area contributed by atoms with Crippen molar-refractivity contribution in [3.8, 4) is 5.75 Å². The molecule has 0 radical (unpaired) electrons. The highest BCUT2D eigenvalue weighted by Gasteiger charge is 2.23. The lowest BCUT2D eigenvalue weighted by molar-refractivity contribution is 0.0928. The van der Waals surface area contributed by atoms with Crippen molar-refractivity contribution in [2.45, 2.75) is 31.9 Å². The van der Waals surface area contributed by atoms with Crippen LogP contribution < -0.4 is 10.1 Å². The average Bonchev–Trinajstić information content (AvgIpc) is 2.74. The fourth-order valence-corrected chi connectivity index (χ4v) is 3.85. The van der Waals surface area contributed by atoms with Crippen LogP contribution in [0.3, 0.4) is 0 Å². The predicted molar refractivity (Wildman–Crippen MR) is 112 cm³/mol. The van der Waals surface area contributed by atoms with Gasteiger partial charge in [-0.05, 0) is 54.2 Å². The van der Waals surface area contributed by atoms with Gasteiger partial charge >= 0.3 is 0 Å². The molecule has 3 aromatic carbocycles. The van der Waals surface area contributed by atoms with Crippen molar-refractivity contribution in [1.29, 1.82) is 0 Å². The van der Waals surface area contributed by atoms with Crippen LogP contribution in [0, 0.1) is 0 Å². The molecule has 1 atom stereocenters. The maximum atomic E-state index is 13.1. The second-order valence-corrected chi connectivity index (χ2v) is 7.47. The van der Waals surface area contributed by atoms with Crippen LogP contribution >= 0.6 is 11.6 Å². The Bertz CT molecular complexity index is 971. The number of nitrogens with one attached hydrogen (secondary N) is 1. The van der Waals surface area contributed by atoms with Gasteiger partial charge in [0, 0.05) is 5.02 Å². The molecule has 1 N–H and O–H groups in total. The fraction of sp³-hybridized carbons (Fsp3) is 0.208. The molecule has 28 heavy (non-hydrogen) atoms. The minimum Gasteiger partial charge on any atom is -0.488 e. The monoisotopic (exact) mass is 391 g/mol. The third kappa shape index (κ3) is 4.20. The molecule has 1 aliphatic carbocycles. The van der Waals surface area contributed by atoms with Crippen molar-refractivity contribution in [3.63, 3.8) is 0 Å². The molecular formula is C24H22ClNO2. The van der Waals surface area contributed by atoms with Gasteiger partial charge in [0.1, 0.15) is 12.4 Å². The number of hydrogen-bond donors (Lipinski definition) is 1. The Hall–Kier alpha value is -2.78. The smallest absolute Gasteiger partial charge is 0.255 e. The van der Waals surface area contributed by atoms with Crippen LogP contribution in [0.5, 0.6) is 5.75 Å². The molecule has 0 unspecified atom stereocenters. The largest absolute Gasteiger partial charge is 0.488 e. The summed E-state index contributed by atoms with van der Waals surface area (Å²) in [6, 6.07) is 23.4. The quantitative estimate of drug-likeness (QED) is 0.603. The summed E-state index contributed by atoms with van der Waals surface area (Å²) in [7, 11) is 0. The Kier molecular flexibility index (Phi) is 5.63. The van der Waals surface area contributed by atoms with Crippen molar-refractivity contribution < 1.29 is 9.53 Å². The highest BCUT2D eigenvalue weighted by atomic mass is 35.5. The van der Waals surface area contributed by atoms with Gasteiger partial charge in [-0.15, -0.1) is 0 Å². The molecule has 0 heterocycles. The number of halogens is 1. The van der Waals surface area contributed by atoms with E-state index in [4.69, 9.17) is 16.3 Å². The number of aryl methyl sites for hydroxylation is 1. The molecule has 4 heteroatoms. The van der Waals surface area contributed by atoms with Gasteiger partial charge < -0.3 is 10.1 Å². The van der Waals surface area contributed by atoms with Crippen molar-refractivity contribution in [3.05, 3.63) is 100 Å². The van der Waals surface area contributed by atoms with Crippen LogP contribution in [0.2, 0.25) is 5.02 Å².